The van der Waals surface area contributed by atoms with Crippen molar-refractivity contribution >= 4 is 40.9 Å². The molecule has 28 heavy (non-hydrogen) atoms. The van der Waals surface area contributed by atoms with Crippen molar-refractivity contribution in [2.45, 2.75) is 40.5 Å². The van der Waals surface area contributed by atoms with E-state index in [9.17, 15) is 9.59 Å². The minimum absolute atomic E-state index is 0. The van der Waals surface area contributed by atoms with Gasteiger partial charge in [0.05, 0.1) is 24.4 Å². The number of nitrogens with zero attached hydrogens (tertiary/aromatic N) is 2. The maximum Gasteiger partial charge on any atom is 0.341 e. The molecule has 0 radical (unpaired) electrons. The maximum atomic E-state index is 12.6. The summed E-state index contributed by atoms with van der Waals surface area (Å²) in [6, 6.07) is 5.85. The lowest BCUT2D eigenvalue weighted by atomic mass is 10.1. The van der Waals surface area contributed by atoms with Crippen LogP contribution in [0.2, 0.25) is 0 Å². The lowest BCUT2D eigenvalue weighted by molar-refractivity contribution is -0.129. The van der Waals surface area contributed by atoms with Crippen LogP contribution in [0, 0.1) is 6.92 Å². The topological polar surface area (TPSA) is 71.5 Å². The van der Waals surface area contributed by atoms with E-state index < -0.39 is 5.97 Å². The van der Waals surface area contributed by atoms with E-state index in [0.717, 1.165) is 42.4 Å². The summed E-state index contributed by atoms with van der Waals surface area (Å²) in [4.78, 5) is 31.2. The van der Waals surface area contributed by atoms with Crippen LogP contribution in [0.1, 0.15) is 49.5 Å². The summed E-state index contributed by atoms with van der Waals surface area (Å²) >= 11 is 0. The first-order valence-electron chi connectivity index (χ1n) is 9.59. The number of anilines is 1. The van der Waals surface area contributed by atoms with Gasteiger partial charge in [-0.15, -0.1) is 12.4 Å². The van der Waals surface area contributed by atoms with Gasteiger partial charge in [0.1, 0.15) is 5.56 Å². The van der Waals surface area contributed by atoms with Crippen LogP contribution in [0.25, 0.3) is 10.9 Å². The number of amides is 1. The molecule has 0 saturated heterocycles. The number of rotatable bonds is 9. The predicted octanol–water partition coefficient (Wildman–Crippen LogP) is 4.20. The first-order valence-corrected chi connectivity index (χ1v) is 9.59. The molecule has 2 rings (SSSR count). The molecule has 0 saturated carbocycles. The number of halogens is 1. The molecule has 1 aromatic heterocycles. The van der Waals surface area contributed by atoms with E-state index in [4.69, 9.17) is 4.74 Å². The van der Waals surface area contributed by atoms with E-state index >= 15 is 0 Å². The second kappa shape index (κ2) is 11.5. The van der Waals surface area contributed by atoms with Crippen molar-refractivity contribution in [2.24, 2.45) is 0 Å². The Labute approximate surface area is 173 Å². The number of hydrogen-bond donors (Lipinski definition) is 1. The Hall–Kier alpha value is -2.34. The van der Waals surface area contributed by atoms with Gasteiger partial charge in [0.15, 0.2) is 0 Å². The first kappa shape index (κ1) is 23.7. The molecular weight excluding hydrogens is 378 g/mol. The minimum Gasteiger partial charge on any atom is -0.462 e. The Kier molecular flexibility index (Phi) is 9.73. The molecule has 1 heterocycles. The zero-order valence-corrected chi connectivity index (χ0v) is 17.9. The van der Waals surface area contributed by atoms with Gasteiger partial charge >= 0.3 is 5.97 Å². The second-order valence-corrected chi connectivity index (χ2v) is 6.52. The maximum absolute atomic E-state index is 12.6. The molecular formula is C21H30ClN3O3. The van der Waals surface area contributed by atoms with E-state index in [0.29, 0.717) is 11.3 Å². The molecule has 0 fully saturated rings. The lowest BCUT2D eigenvalue weighted by Crippen LogP contribution is -2.36. The lowest BCUT2D eigenvalue weighted by Gasteiger charge is -2.22. The monoisotopic (exact) mass is 407 g/mol. The van der Waals surface area contributed by atoms with Gasteiger partial charge < -0.3 is 15.0 Å². The van der Waals surface area contributed by atoms with E-state index in [1.54, 1.807) is 6.92 Å². The fraction of sp³-hybridized carbons (Fsp3) is 0.476. The standard InChI is InChI=1S/C21H29N3O3.ClH/c1-5-10-24(11-6-2)19(25)14-23-20-16-12-15(4)8-9-18(16)22-13-17(20)21(26)27-7-3;/h8-9,12-13H,5-7,10-11,14H2,1-4H3,(H,22,23);1H. The zero-order valence-electron chi connectivity index (χ0n) is 17.1. The van der Waals surface area contributed by atoms with Crippen LogP contribution in [-0.2, 0) is 9.53 Å². The Balaban J connectivity index is 0.00000392. The molecule has 0 aliphatic carbocycles. The molecule has 7 heteroatoms. The number of aryl methyl sites for hydroxylation is 1. The number of esters is 1. The summed E-state index contributed by atoms with van der Waals surface area (Å²) in [5.41, 5.74) is 2.77. The number of aromatic nitrogens is 1. The molecule has 1 aromatic carbocycles. The summed E-state index contributed by atoms with van der Waals surface area (Å²) in [5.74, 6) is -0.423. The highest BCUT2D eigenvalue weighted by Gasteiger charge is 2.19. The quantitative estimate of drug-likeness (QED) is 0.630. The number of ether oxygens (including phenoxy) is 1. The Morgan fingerprint density at radius 1 is 1.14 bits per heavy atom. The SMILES string of the molecule is CCCN(CCC)C(=O)CNc1c(C(=O)OCC)cnc2ccc(C)cc12.Cl. The van der Waals surface area contributed by atoms with Gasteiger partial charge in [0.25, 0.3) is 0 Å². The molecule has 0 aliphatic heterocycles. The molecule has 1 amide bonds. The predicted molar refractivity (Wildman–Crippen MR) is 115 cm³/mol. The summed E-state index contributed by atoms with van der Waals surface area (Å²) in [7, 11) is 0. The average Bonchev–Trinajstić information content (AvgIpc) is 2.65. The fourth-order valence-corrected chi connectivity index (χ4v) is 3.04. The Morgan fingerprint density at radius 3 is 2.43 bits per heavy atom. The normalized spacial score (nSPS) is 10.3. The smallest absolute Gasteiger partial charge is 0.341 e. The van der Waals surface area contributed by atoms with Gasteiger partial charge in [-0.05, 0) is 38.8 Å². The first-order chi connectivity index (χ1) is 13.0. The van der Waals surface area contributed by atoms with Crippen LogP contribution in [0.4, 0.5) is 5.69 Å². The van der Waals surface area contributed by atoms with E-state index in [2.05, 4.69) is 24.1 Å². The number of nitrogens with one attached hydrogen (secondary N) is 1. The van der Waals surface area contributed by atoms with Crippen LogP contribution >= 0.6 is 12.4 Å². The number of pyridine rings is 1. The molecule has 2 aromatic rings. The van der Waals surface area contributed by atoms with Gasteiger partial charge in [-0.1, -0.05) is 25.5 Å². The van der Waals surface area contributed by atoms with Crippen molar-refractivity contribution in [2.75, 3.05) is 31.6 Å². The van der Waals surface area contributed by atoms with Crippen LogP contribution < -0.4 is 5.32 Å². The molecule has 154 valence electrons. The van der Waals surface area contributed by atoms with Crippen molar-refractivity contribution in [3.05, 3.63) is 35.5 Å². The van der Waals surface area contributed by atoms with Gasteiger partial charge in [0.2, 0.25) is 5.91 Å². The van der Waals surface area contributed by atoms with E-state index in [1.807, 2.05) is 30.0 Å². The van der Waals surface area contributed by atoms with Crippen molar-refractivity contribution in [1.29, 1.82) is 0 Å². The highest BCUT2D eigenvalue weighted by Crippen LogP contribution is 2.27. The summed E-state index contributed by atoms with van der Waals surface area (Å²) in [6.07, 6.45) is 3.34. The molecule has 0 spiro atoms. The van der Waals surface area contributed by atoms with Gasteiger partial charge in [0, 0.05) is 24.7 Å². The van der Waals surface area contributed by atoms with Crippen LogP contribution in [0.15, 0.2) is 24.4 Å². The second-order valence-electron chi connectivity index (χ2n) is 6.52. The highest BCUT2D eigenvalue weighted by molar-refractivity contribution is 6.05. The minimum atomic E-state index is -0.442. The van der Waals surface area contributed by atoms with Gasteiger partial charge in [-0.2, -0.15) is 0 Å². The fourth-order valence-electron chi connectivity index (χ4n) is 3.04. The number of hydrogen-bond acceptors (Lipinski definition) is 5. The Morgan fingerprint density at radius 2 is 1.82 bits per heavy atom. The number of carbonyl (C=O) groups is 2. The molecule has 0 aliphatic rings. The van der Waals surface area contributed by atoms with Gasteiger partial charge in [-0.3, -0.25) is 9.78 Å². The van der Waals surface area contributed by atoms with Crippen LogP contribution in [0.5, 0.6) is 0 Å². The van der Waals surface area contributed by atoms with Crippen LogP contribution in [-0.4, -0.2) is 48.0 Å². The third kappa shape index (κ3) is 5.83. The number of fused-ring (bicyclic) bond motifs is 1. The summed E-state index contributed by atoms with van der Waals surface area (Å²) < 4.78 is 5.16. The zero-order chi connectivity index (χ0) is 19.8. The Bertz CT molecular complexity index is 805. The molecule has 6 nitrogen and oxygen atoms in total. The molecule has 1 N–H and O–H groups in total. The van der Waals surface area contributed by atoms with E-state index in [1.165, 1.54) is 6.20 Å². The average molecular weight is 408 g/mol. The largest absolute Gasteiger partial charge is 0.462 e. The van der Waals surface area contributed by atoms with Crippen molar-refractivity contribution in [3.63, 3.8) is 0 Å². The number of carbonyl (C=O) groups excluding carboxylic acids is 2. The summed E-state index contributed by atoms with van der Waals surface area (Å²) in [6.45, 7) is 9.73. The number of benzene rings is 1. The van der Waals surface area contributed by atoms with Gasteiger partial charge in [-0.25, -0.2) is 4.79 Å². The van der Waals surface area contributed by atoms with Crippen molar-refractivity contribution in [1.82, 2.24) is 9.88 Å². The summed E-state index contributed by atoms with van der Waals surface area (Å²) in [5, 5.41) is 4.00. The third-order valence-electron chi connectivity index (χ3n) is 4.27. The van der Waals surface area contributed by atoms with Crippen LogP contribution in [0.3, 0.4) is 0 Å². The highest BCUT2D eigenvalue weighted by atomic mass is 35.5. The van der Waals surface area contributed by atoms with Crippen molar-refractivity contribution in [3.8, 4) is 0 Å². The molecule has 0 unspecified atom stereocenters. The van der Waals surface area contributed by atoms with E-state index in [-0.39, 0.29) is 31.5 Å². The third-order valence-corrected chi connectivity index (χ3v) is 4.27. The molecule has 0 bridgehead atoms. The molecule has 0 atom stereocenters. The van der Waals surface area contributed by atoms with Crippen molar-refractivity contribution < 1.29 is 14.3 Å².